The summed E-state index contributed by atoms with van der Waals surface area (Å²) in [6.45, 7) is 2.38. The lowest BCUT2D eigenvalue weighted by Crippen LogP contribution is -2.16. The zero-order valence-corrected chi connectivity index (χ0v) is 10.9. The molecule has 100 valence electrons. The summed E-state index contributed by atoms with van der Waals surface area (Å²) < 4.78 is 1.60. The van der Waals surface area contributed by atoms with E-state index in [0.29, 0.717) is 12.4 Å². The van der Waals surface area contributed by atoms with Crippen molar-refractivity contribution in [1.29, 1.82) is 0 Å². The predicted molar refractivity (Wildman–Crippen MR) is 67.9 cm³/mol. The van der Waals surface area contributed by atoms with Gasteiger partial charge in [0.2, 0.25) is 0 Å². The molecular formula is C11H14N6O2. The van der Waals surface area contributed by atoms with Gasteiger partial charge in [-0.15, -0.1) is 5.10 Å². The highest BCUT2D eigenvalue weighted by Crippen LogP contribution is 2.20. The van der Waals surface area contributed by atoms with E-state index in [1.165, 1.54) is 12.1 Å². The lowest BCUT2D eigenvalue weighted by atomic mass is 10.2. The molecule has 0 aliphatic carbocycles. The molecular weight excluding hydrogens is 248 g/mol. The van der Waals surface area contributed by atoms with E-state index >= 15 is 0 Å². The van der Waals surface area contributed by atoms with Gasteiger partial charge in [-0.05, 0) is 43.1 Å². The Kier molecular flexibility index (Phi) is 3.52. The zero-order valence-electron chi connectivity index (χ0n) is 10.9. The maximum atomic E-state index is 10.7. The second-order valence-corrected chi connectivity index (χ2v) is 4.47. The van der Waals surface area contributed by atoms with Crippen molar-refractivity contribution in [3.05, 3.63) is 39.7 Å². The second kappa shape index (κ2) is 5.11. The van der Waals surface area contributed by atoms with Gasteiger partial charge in [-0.2, -0.15) is 4.68 Å². The van der Waals surface area contributed by atoms with Crippen LogP contribution in [0.4, 0.5) is 5.69 Å². The van der Waals surface area contributed by atoms with E-state index in [0.717, 1.165) is 11.3 Å². The average molecular weight is 262 g/mol. The molecule has 2 aromatic rings. The van der Waals surface area contributed by atoms with Crippen LogP contribution in [0, 0.1) is 17.0 Å². The summed E-state index contributed by atoms with van der Waals surface area (Å²) in [5, 5.41) is 22.3. The van der Waals surface area contributed by atoms with Gasteiger partial charge in [-0.25, -0.2) is 0 Å². The highest BCUT2D eigenvalue weighted by molar-refractivity contribution is 5.47. The number of aromatic nitrogens is 4. The minimum absolute atomic E-state index is 0.0588. The number of rotatable bonds is 4. The Hall–Kier alpha value is -2.35. The fraction of sp³-hybridized carbons (Fsp3) is 0.364. The van der Waals surface area contributed by atoms with Crippen molar-refractivity contribution in [3.8, 4) is 5.69 Å². The molecule has 0 spiro atoms. The predicted octanol–water partition coefficient (Wildman–Crippen LogP) is 0.941. The van der Waals surface area contributed by atoms with Crippen LogP contribution < -0.4 is 0 Å². The van der Waals surface area contributed by atoms with Crippen LogP contribution in [0.25, 0.3) is 5.69 Å². The number of aryl methyl sites for hydroxylation is 1. The lowest BCUT2D eigenvalue weighted by molar-refractivity contribution is -0.384. The second-order valence-electron chi connectivity index (χ2n) is 4.47. The summed E-state index contributed by atoms with van der Waals surface area (Å²) in [5.74, 6) is 0.682. The molecule has 0 unspecified atom stereocenters. The van der Waals surface area contributed by atoms with Crippen molar-refractivity contribution in [3.63, 3.8) is 0 Å². The molecule has 8 heteroatoms. The van der Waals surface area contributed by atoms with Crippen LogP contribution in [-0.4, -0.2) is 44.1 Å². The molecule has 1 heterocycles. The summed E-state index contributed by atoms with van der Waals surface area (Å²) in [5.41, 5.74) is 1.55. The first-order valence-electron chi connectivity index (χ1n) is 5.66. The fourth-order valence-electron chi connectivity index (χ4n) is 1.77. The SMILES string of the molecule is Cc1cc([N+](=O)[O-])ccc1-n1nnnc1CN(C)C. The minimum Gasteiger partial charge on any atom is -0.302 e. The first kappa shape index (κ1) is 13.1. The van der Waals surface area contributed by atoms with Crippen molar-refractivity contribution >= 4 is 5.69 Å². The van der Waals surface area contributed by atoms with Gasteiger partial charge in [0.05, 0.1) is 17.2 Å². The minimum atomic E-state index is -0.420. The maximum absolute atomic E-state index is 10.7. The number of benzene rings is 1. The largest absolute Gasteiger partial charge is 0.302 e. The monoisotopic (exact) mass is 262 g/mol. The average Bonchev–Trinajstić information content (AvgIpc) is 2.75. The summed E-state index contributed by atoms with van der Waals surface area (Å²) >= 11 is 0. The Labute approximate surface area is 109 Å². The Balaban J connectivity index is 2.42. The molecule has 0 aliphatic heterocycles. The molecule has 0 amide bonds. The molecule has 0 saturated carbocycles. The van der Waals surface area contributed by atoms with Crippen LogP contribution in [-0.2, 0) is 6.54 Å². The van der Waals surface area contributed by atoms with Gasteiger partial charge < -0.3 is 4.90 Å². The van der Waals surface area contributed by atoms with E-state index in [-0.39, 0.29) is 5.69 Å². The lowest BCUT2D eigenvalue weighted by Gasteiger charge is -2.10. The number of hydrogen-bond acceptors (Lipinski definition) is 6. The third-order valence-electron chi connectivity index (χ3n) is 2.61. The fourth-order valence-corrected chi connectivity index (χ4v) is 1.77. The third-order valence-corrected chi connectivity index (χ3v) is 2.61. The highest BCUT2D eigenvalue weighted by atomic mass is 16.6. The molecule has 2 rings (SSSR count). The number of nitro groups is 1. The number of hydrogen-bond donors (Lipinski definition) is 0. The molecule has 0 aliphatic rings. The van der Waals surface area contributed by atoms with Crippen LogP contribution in [0.1, 0.15) is 11.4 Å². The molecule has 0 radical (unpaired) electrons. The normalized spacial score (nSPS) is 10.9. The van der Waals surface area contributed by atoms with E-state index in [2.05, 4.69) is 15.5 Å². The van der Waals surface area contributed by atoms with E-state index < -0.39 is 4.92 Å². The van der Waals surface area contributed by atoms with Crippen molar-refractivity contribution in [2.75, 3.05) is 14.1 Å². The van der Waals surface area contributed by atoms with Crippen LogP contribution in [0.5, 0.6) is 0 Å². The van der Waals surface area contributed by atoms with E-state index in [1.54, 1.807) is 17.7 Å². The first-order valence-corrected chi connectivity index (χ1v) is 5.66. The summed E-state index contributed by atoms with van der Waals surface area (Å²) in [4.78, 5) is 12.2. The van der Waals surface area contributed by atoms with Crippen LogP contribution in [0.2, 0.25) is 0 Å². The quantitative estimate of drug-likeness (QED) is 0.601. The van der Waals surface area contributed by atoms with Crippen molar-refractivity contribution in [1.82, 2.24) is 25.1 Å². The van der Waals surface area contributed by atoms with Gasteiger partial charge in [0, 0.05) is 12.1 Å². The number of tetrazole rings is 1. The molecule has 19 heavy (non-hydrogen) atoms. The van der Waals surface area contributed by atoms with Crippen molar-refractivity contribution < 1.29 is 4.92 Å². The van der Waals surface area contributed by atoms with E-state index in [4.69, 9.17) is 0 Å². The molecule has 0 bridgehead atoms. The first-order chi connectivity index (χ1) is 8.99. The molecule has 0 N–H and O–H groups in total. The van der Waals surface area contributed by atoms with Gasteiger partial charge in [0.15, 0.2) is 5.82 Å². The van der Waals surface area contributed by atoms with E-state index in [1.807, 2.05) is 19.0 Å². The molecule has 0 saturated heterocycles. The molecule has 1 aromatic heterocycles. The Bertz CT molecular complexity index is 607. The van der Waals surface area contributed by atoms with Crippen LogP contribution in [0.15, 0.2) is 18.2 Å². The third kappa shape index (κ3) is 2.74. The van der Waals surface area contributed by atoms with Gasteiger partial charge in [-0.3, -0.25) is 10.1 Å². The Morgan fingerprint density at radius 1 is 1.42 bits per heavy atom. The topological polar surface area (TPSA) is 90.0 Å². The number of non-ortho nitro benzene ring substituents is 1. The van der Waals surface area contributed by atoms with Crippen LogP contribution >= 0.6 is 0 Å². The Morgan fingerprint density at radius 3 is 2.74 bits per heavy atom. The smallest absolute Gasteiger partial charge is 0.269 e. The van der Waals surface area contributed by atoms with Gasteiger partial charge in [-0.1, -0.05) is 0 Å². The van der Waals surface area contributed by atoms with Gasteiger partial charge in [0.25, 0.3) is 5.69 Å². The number of nitrogens with zero attached hydrogens (tertiary/aromatic N) is 6. The standard InChI is InChI=1S/C11H14N6O2/c1-8-6-9(17(18)19)4-5-10(8)16-11(7-15(2)3)12-13-14-16/h4-6H,7H2,1-3H3. The molecule has 8 nitrogen and oxygen atoms in total. The highest BCUT2D eigenvalue weighted by Gasteiger charge is 2.14. The van der Waals surface area contributed by atoms with Crippen LogP contribution in [0.3, 0.4) is 0 Å². The summed E-state index contributed by atoms with van der Waals surface area (Å²) in [6.07, 6.45) is 0. The van der Waals surface area contributed by atoms with Crippen molar-refractivity contribution in [2.24, 2.45) is 0 Å². The number of nitro benzene ring substituents is 1. The Morgan fingerprint density at radius 2 is 2.16 bits per heavy atom. The van der Waals surface area contributed by atoms with Gasteiger partial charge in [0.1, 0.15) is 0 Å². The maximum Gasteiger partial charge on any atom is 0.269 e. The molecule has 1 aromatic carbocycles. The molecule has 0 fully saturated rings. The molecule has 0 atom stereocenters. The van der Waals surface area contributed by atoms with E-state index in [9.17, 15) is 10.1 Å². The van der Waals surface area contributed by atoms with Crippen molar-refractivity contribution in [2.45, 2.75) is 13.5 Å². The summed E-state index contributed by atoms with van der Waals surface area (Å²) in [6, 6.07) is 4.61. The van der Waals surface area contributed by atoms with Gasteiger partial charge >= 0.3 is 0 Å². The summed E-state index contributed by atoms with van der Waals surface area (Å²) in [7, 11) is 3.84. The zero-order chi connectivity index (χ0) is 14.0.